The van der Waals surface area contributed by atoms with Gasteiger partial charge in [0.15, 0.2) is 0 Å². The molecule has 0 aromatic carbocycles. The predicted molar refractivity (Wildman–Crippen MR) is 55.8 cm³/mol. The Balaban J connectivity index is 1.82. The van der Waals surface area contributed by atoms with Gasteiger partial charge in [-0.15, -0.1) is 0 Å². The van der Waals surface area contributed by atoms with E-state index in [4.69, 9.17) is 0 Å². The second-order valence-corrected chi connectivity index (χ2v) is 4.55. The standard InChI is InChI=1S/C9H15N3S/c1-12-4-3-10-9(12)6-11-8-2-5-13-7-8/h3-4,8,11H,2,5-7H2,1H3. The highest BCUT2D eigenvalue weighted by molar-refractivity contribution is 7.99. The molecule has 2 rings (SSSR count). The van der Waals surface area contributed by atoms with E-state index in [-0.39, 0.29) is 0 Å². The van der Waals surface area contributed by atoms with E-state index < -0.39 is 0 Å². The van der Waals surface area contributed by atoms with Gasteiger partial charge in [-0.2, -0.15) is 11.8 Å². The summed E-state index contributed by atoms with van der Waals surface area (Å²) >= 11 is 2.03. The molecule has 3 nitrogen and oxygen atoms in total. The van der Waals surface area contributed by atoms with Crippen molar-refractivity contribution in [1.82, 2.24) is 14.9 Å². The first-order valence-corrected chi connectivity index (χ1v) is 5.79. The molecule has 1 atom stereocenters. The van der Waals surface area contributed by atoms with Crippen LogP contribution in [0.4, 0.5) is 0 Å². The lowest BCUT2D eigenvalue weighted by Gasteiger charge is -2.10. The van der Waals surface area contributed by atoms with Gasteiger partial charge >= 0.3 is 0 Å². The number of hydrogen-bond donors (Lipinski definition) is 1. The molecule has 4 heteroatoms. The molecular formula is C9H15N3S. The first-order chi connectivity index (χ1) is 6.36. The molecule has 0 aliphatic carbocycles. The Morgan fingerprint density at radius 3 is 3.31 bits per heavy atom. The zero-order valence-corrected chi connectivity index (χ0v) is 8.68. The maximum atomic E-state index is 4.27. The Morgan fingerprint density at radius 1 is 1.77 bits per heavy atom. The molecule has 1 fully saturated rings. The molecule has 72 valence electrons. The zero-order chi connectivity index (χ0) is 9.10. The first kappa shape index (κ1) is 9.09. The second-order valence-electron chi connectivity index (χ2n) is 3.40. The van der Waals surface area contributed by atoms with Crippen molar-refractivity contribution in [1.29, 1.82) is 0 Å². The lowest BCUT2D eigenvalue weighted by atomic mass is 10.2. The summed E-state index contributed by atoms with van der Waals surface area (Å²) in [6.45, 7) is 0.898. The summed E-state index contributed by atoms with van der Waals surface area (Å²) in [6.07, 6.45) is 5.13. The van der Waals surface area contributed by atoms with Gasteiger partial charge in [-0.25, -0.2) is 4.98 Å². The fourth-order valence-corrected chi connectivity index (χ4v) is 2.68. The molecule has 1 aromatic heterocycles. The molecule has 0 radical (unpaired) electrons. The van der Waals surface area contributed by atoms with Gasteiger partial charge < -0.3 is 9.88 Å². The van der Waals surface area contributed by atoms with E-state index in [1.165, 1.54) is 17.9 Å². The van der Waals surface area contributed by atoms with Gasteiger partial charge in [0.25, 0.3) is 0 Å². The van der Waals surface area contributed by atoms with Crippen LogP contribution in [-0.4, -0.2) is 27.1 Å². The summed E-state index contributed by atoms with van der Waals surface area (Å²) in [6, 6.07) is 0.696. The molecule has 0 spiro atoms. The molecule has 0 amide bonds. The van der Waals surface area contributed by atoms with E-state index in [1.807, 2.05) is 31.2 Å². The molecule has 1 aliphatic rings. The highest BCUT2D eigenvalue weighted by Gasteiger charge is 2.14. The smallest absolute Gasteiger partial charge is 0.122 e. The summed E-state index contributed by atoms with van der Waals surface area (Å²) in [5.41, 5.74) is 0. The van der Waals surface area contributed by atoms with Crippen molar-refractivity contribution in [2.24, 2.45) is 7.05 Å². The Kier molecular flexibility index (Phi) is 2.90. The second kappa shape index (κ2) is 4.15. The molecule has 0 bridgehead atoms. The number of nitrogens with one attached hydrogen (secondary N) is 1. The van der Waals surface area contributed by atoms with Gasteiger partial charge in [0, 0.05) is 31.2 Å². The summed E-state index contributed by atoms with van der Waals surface area (Å²) in [5, 5.41) is 3.52. The van der Waals surface area contributed by atoms with Crippen LogP contribution in [0.2, 0.25) is 0 Å². The summed E-state index contributed by atoms with van der Waals surface area (Å²) < 4.78 is 2.06. The average Bonchev–Trinajstić information content (AvgIpc) is 2.72. The largest absolute Gasteiger partial charge is 0.337 e. The van der Waals surface area contributed by atoms with Gasteiger partial charge in [0.2, 0.25) is 0 Å². The number of hydrogen-bond acceptors (Lipinski definition) is 3. The van der Waals surface area contributed by atoms with E-state index in [1.54, 1.807) is 0 Å². The number of rotatable bonds is 3. The average molecular weight is 197 g/mol. The summed E-state index contributed by atoms with van der Waals surface area (Å²) in [5.74, 6) is 3.68. The number of nitrogens with zero attached hydrogens (tertiary/aromatic N) is 2. The highest BCUT2D eigenvalue weighted by Crippen LogP contribution is 2.17. The number of thioether (sulfide) groups is 1. The van der Waals surface area contributed by atoms with Gasteiger partial charge in [-0.05, 0) is 12.2 Å². The molecular weight excluding hydrogens is 182 g/mol. The minimum absolute atomic E-state index is 0.696. The maximum Gasteiger partial charge on any atom is 0.122 e. The molecule has 1 aliphatic heterocycles. The van der Waals surface area contributed by atoms with Crippen molar-refractivity contribution < 1.29 is 0 Å². The topological polar surface area (TPSA) is 29.9 Å². The fourth-order valence-electron chi connectivity index (χ4n) is 1.50. The van der Waals surface area contributed by atoms with Crippen LogP contribution in [0, 0.1) is 0 Å². The van der Waals surface area contributed by atoms with Crippen molar-refractivity contribution in [3.63, 3.8) is 0 Å². The van der Waals surface area contributed by atoms with Crippen LogP contribution in [0.15, 0.2) is 12.4 Å². The number of aryl methyl sites for hydroxylation is 1. The van der Waals surface area contributed by atoms with Crippen LogP contribution in [0.25, 0.3) is 0 Å². The van der Waals surface area contributed by atoms with Crippen LogP contribution in [-0.2, 0) is 13.6 Å². The molecule has 1 unspecified atom stereocenters. The molecule has 2 heterocycles. The predicted octanol–water partition coefficient (Wildman–Crippen LogP) is 1.02. The molecule has 1 saturated heterocycles. The van der Waals surface area contributed by atoms with Gasteiger partial charge in [0.05, 0.1) is 6.54 Å². The Labute approximate surface area is 82.9 Å². The SMILES string of the molecule is Cn1ccnc1CNC1CCSC1. The van der Waals surface area contributed by atoms with Crippen LogP contribution in [0.1, 0.15) is 12.2 Å². The highest BCUT2D eigenvalue weighted by atomic mass is 32.2. The van der Waals surface area contributed by atoms with Crippen molar-refractivity contribution in [2.75, 3.05) is 11.5 Å². The minimum Gasteiger partial charge on any atom is -0.337 e. The lowest BCUT2D eigenvalue weighted by Crippen LogP contribution is -2.29. The summed E-state index contributed by atoms with van der Waals surface area (Å²) in [7, 11) is 2.04. The Bertz CT molecular complexity index is 266. The van der Waals surface area contributed by atoms with Crippen LogP contribution in [0.3, 0.4) is 0 Å². The third kappa shape index (κ3) is 2.25. The van der Waals surface area contributed by atoms with Crippen LogP contribution >= 0.6 is 11.8 Å². The third-order valence-corrected chi connectivity index (χ3v) is 3.56. The number of imidazole rings is 1. The number of aromatic nitrogens is 2. The Hall–Kier alpha value is -0.480. The van der Waals surface area contributed by atoms with Crippen molar-refractivity contribution >= 4 is 11.8 Å². The molecule has 13 heavy (non-hydrogen) atoms. The fraction of sp³-hybridized carbons (Fsp3) is 0.667. The van der Waals surface area contributed by atoms with Gasteiger partial charge in [-0.1, -0.05) is 0 Å². The van der Waals surface area contributed by atoms with E-state index in [2.05, 4.69) is 14.9 Å². The molecule has 1 N–H and O–H groups in total. The van der Waals surface area contributed by atoms with Crippen LogP contribution in [0.5, 0.6) is 0 Å². The van der Waals surface area contributed by atoms with E-state index in [0.717, 1.165) is 12.4 Å². The normalized spacial score (nSPS) is 22.4. The third-order valence-electron chi connectivity index (χ3n) is 2.40. The van der Waals surface area contributed by atoms with Crippen LogP contribution < -0.4 is 5.32 Å². The minimum atomic E-state index is 0.696. The summed E-state index contributed by atoms with van der Waals surface area (Å²) in [4.78, 5) is 4.27. The molecule has 1 aromatic rings. The molecule has 0 saturated carbocycles. The van der Waals surface area contributed by atoms with E-state index >= 15 is 0 Å². The lowest BCUT2D eigenvalue weighted by molar-refractivity contribution is 0.536. The van der Waals surface area contributed by atoms with Crippen molar-refractivity contribution in [3.8, 4) is 0 Å². The quantitative estimate of drug-likeness (QED) is 0.784. The van der Waals surface area contributed by atoms with E-state index in [9.17, 15) is 0 Å². The monoisotopic (exact) mass is 197 g/mol. The maximum absolute atomic E-state index is 4.27. The first-order valence-electron chi connectivity index (χ1n) is 4.63. The van der Waals surface area contributed by atoms with Crippen molar-refractivity contribution in [3.05, 3.63) is 18.2 Å². The van der Waals surface area contributed by atoms with Crippen molar-refractivity contribution in [2.45, 2.75) is 19.0 Å². The van der Waals surface area contributed by atoms with Gasteiger partial charge in [-0.3, -0.25) is 0 Å². The van der Waals surface area contributed by atoms with E-state index in [0.29, 0.717) is 6.04 Å². The van der Waals surface area contributed by atoms with Gasteiger partial charge in [0.1, 0.15) is 5.82 Å². The zero-order valence-electron chi connectivity index (χ0n) is 7.86. The Morgan fingerprint density at radius 2 is 2.69 bits per heavy atom.